The average Bonchev–Trinajstić information content (AvgIpc) is 3.16. The van der Waals surface area contributed by atoms with Gasteiger partial charge in [-0.1, -0.05) is 48.0 Å². The molecule has 1 saturated heterocycles. The molecule has 2 heterocycles. The lowest BCUT2D eigenvalue weighted by Crippen LogP contribution is -2.33. The summed E-state index contributed by atoms with van der Waals surface area (Å²) in [7, 11) is 1.91. The quantitative estimate of drug-likeness (QED) is 0.666. The summed E-state index contributed by atoms with van der Waals surface area (Å²) in [5.41, 5.74) is 5.37. The number of hydrogen-bond donors (Lipinski definition) is 2. The van der Waals surface area contributed by atoms with Crippen LogP contribution in [0.1, 0.15) is 35.6 Å². The summed E-state index contributed by atoms with van der Waals surface area (Å²) in [5, 5.41) is 24.4. The molecule has 0 radical (unpaired) electrons. The number of aliphatic hydroxyl groups excluding tert-OH is 2. The SMILES string of the molecule is Cn1cc(-c2ccc(Cc3cc([C@H]4CC(O)C[C@@H](CO)O4)ccc3Cl)cc2)cn1. The van der Waals surface area contributed by atoms with Crippen LogP contribution in [0.4, 0.5) is 0 Å². The van der Waals surface area contributed by atoms with Crippen LogP contribution in [0.5, 0.6) is 0 Å². The standard InChI is InChI=1S/C23H25ClN2O3/c1-26-13-19(12-25-26)16-4-2-15(3-5-16)8-18-9-17(6-7-22(18)24)23-11-20(28)10-21(14-27)29-23/h2-7,9,12-13,20-21,23,27-28H,8,10-11,14H2,1H3/t20?,21-,23+/m0/s1. The number of hydrogen-bond acceptors (Lipinski definition) is 4. The molecule has 3 aromatic rings. The second kappa shape index (κ2) is 8.67. The van der Waals surface area contributed by atoms with Crippen LogP contribution in [-0.4, -0.2) is 38.8 Å². The predicted molar refractivity (Wildman–Crippen MR) is 113 cm³/mol. The van der Waals surface area contributed by atoms with E-state index in [9.17, 15) is 10.2 Å². The average molecular weight is 413 g/mol. The van der Waals surface area contributed by atoms with Crippen molar-refractivity contribution in [2.75, 3.05) is 6.61 Å². The number of halogens is 1. The molecule has 3 atom stereocenters. The van der Waals surface area contributed by atoms with Crippen molar-refractivity contribution >= 4 is 11.6 Å². The Balaban J connectivity index is 1.52. The zero-order chi connectivity index (χ0) is 20.4. The van der Waals surface area contributed by atoms with E-state index in [-0.39, 0.29) is 18.8 Å². The van der Waals surface area contributed by atoms with Crippen molar-refractivity contribution in [3.05, 3.63) is 76.6 Å². The van der Waals surface area contributed by atoms with Crippen molar-refractivity contribution in [2.24, 2.45) is 7.05 Å². The highest BCUT2D eigenvalue weighted by molar-refractivity contribution is 6.31. The Morgan fingerprint density at radius 3 is 2.62 bits per heavy atom. The van der Waals surface area contributed by atoms with Gasteiger partial charge in [0.25, 0.3) is 0 Å². The third-order valence-electron chi connectivity index (χ3n) is 5.41. The summed E-state index contributed by atoms with van der Waals surface area (Å²) in [4.78, 5) is 0. The first-order valence-electron chi connectivity index (χ1n) is 9.82. The van der Waals surface area contributed by atoms with E-state index in [2.05, 4.69) is 35.4 Å². The molecule has 2 N–H and O–H groups in total. The molecule has 0 bridgehead atoms. The summed E-state index contributed by atoms with van der Waals surface area (Å²) in [6, 6.07) is 14.3. The van der Waals surface area contributed by atoms with Gasteiger partial charge in [0.2, 0.25) is 0 Å². The molecule has 4 rings (SSSR count). The number of ether oxygens (including phenoxy) is 1. The highest BCUT2D eigenvalue weighted by atomic mass is 35.5. The minimum absolute atomic E-state index is 0.0860. The Morgan fingerprint density at radius 2 is 1.93 bits per heavy atom. The molecule has 0 saturated carbocycles. The number of aromatic nitrogens is 2. The maximum absolute atomic E-state index is 10.1. The largest absolute Gasteiger partial charge is 0.394 e. The third-order valence-corrected chi connectivity index (χ3v) is 5.78. The number of aryl methyl sites for hydroxylation is 1. The van der Waals surface area contributed by atoms with E-state index in [1.165, 1.54) is 0 Å². The van der Waals surface area contributed by atoms with Gasteiger partial charge in [0.15, 0.2) is 0 Å². The van der Waals surface area contributed by atoms with Crippen LogP contribution < -0.4 is 0 Å². The molecule has 5 nitrogen and oxygen atoms in total. The predicted octanol–water partition coefficient (Wildman–Crippen LogP) is 3.90. The highest BCUT2D eigenvalue weighted by Crippen LogP contribution is 2.34. The fourth-order valence-corrected chi connectivity index (χ4v) is 4.04. The Bertz CT molecular complexity index is 971. The molecule has 0 aliphatic carbocycles. The van der Waals surface area contributed by atoms with Gasteiger partial charge < -0.3 is 14.9 Å². The Morgan fingerprint density at radius 1 is 1.14 bits per heavy atom. The molecule has 0 amide bonds. The molecule has 2 aromatic carbocycles. The van der Waals surface area contributed by atoms with Crippen LogP contribution in [0.3, 0.4) is 0 Å². The third kappa shape index (κ3) is 4.70. The van der Waals surface area contributed by atoms with Crippen molar-refractivity contribution in [1.82, 2.24) is 9.78 Å². The van der Waals surface area contributed by atoms with E-state index in [4.69, 9.17) is 16.3 Å². The van der Waals surface area contributed by atoms with Crippen molar-refractivity contribution in [3.8, 4) is 11.1 Å². The number of rotatable bonds is 5. The summed E-state index contributed by atoms with van der Waals surface area (Å²) < 4.78 is 7.73. The molecule has 1 aliphatic heterocycles. The molecular formula is C23H25ClN2O3. The molecule has 0 spiro atoms. The second-order valence-electron chi connectivity index (χ2n) is 7.68. The molecular weight excluding hydrogens is 388 g/mol. The summed E-state index contributed by atoms with van der Waals surface area (Å²) in [6.45, 7) is -0.0860. The Kier molecular flexibility index (Phi) is 6.01. The lowest BCUT2D eigenvalue weighted by atomic mass is 9.94. The molecule has 6 heteroatoms. The number of benzene rings is 2. The first kappa shape index (κ1) is 20.1. The van der Waals surface area contributed by atoms with E-state index in [1.807, 2.05) is 31.6 Å². The lowest BCUT2D eigenvalue weighted by Gasteiger charge is -2.32. The Hall–Kier alpha value is -2.18. The number of nitrogens with zero attached hydrogens (tertiary/aromatic N) is 2. The number of aliphatic hydroxyl groups is 2. The smallest absolute Gasteiger partial charge is 0.0854 e. The molecule has 1 unspecified atom stereocenters. The zero-order valence-electron chi connectivity index (χ0n) is 16.3. The van der Waals surface area contributed by atoms with E-state index < -0.39 is 6.10 Å². The molecule has 152 valence electrons. The topological polar surface area (TPSA) is 67.5 Å². The monoisotopic (exact) mass is 412 g/mol. The van der Waals surface area contributed by atoms with Gasteiger partial charge in [0, 0.05) is 36.7 Å². The van der Waals surface area contributed by atoms with Gasteiger partial charge in [0.05, 0.1) is 31.1 Å². The normalized spacial score (nSPS) is 22.0. The van der Waals surface area contributed by atoms with Gasteiger partial charge in [-0.15, -0.1) is 0 Å². The summed E-state index contributed by atoms with van der Waals surface area (Å²) in [6.07, 6.45) is 4.52. The maximum atomic E-state index is 10.1. The van der Waals surface area contributed by atoms with Crippen LogP contribution in [0.25, 0.3) is 11.1 Å². The van der Waals surface area contributed by atoms with Crippen LogP contribution >= 0.6 is 11.6 Å². The second-order valence-corrected chi connectivity index (χ2v) is 8.09. The Labute approximate surface area is 175 Å². The van der Waals surface area contributed by atoms with Gasteiger partial charge in [-0.25, -0.2) is 0 Å². The van der Waals surface area contributed by atoms with Gasteiger partial charge in [-0.05, 0) is 34.7 Å². The first-order chi connectivity index (χ1) is 14.0. The van der Waals surface area contributed by atoms with Crippen LogP contribution in [0, 0.1) is 0 Å². The zero-order valence-corrected chi connectivity index (χ0v) is 17.1. The highest BCUT2D eigenvalue weighted by Gasteiger charge is 2.29. The minimum atomic E-state index is -0.468. The van der Waals surface area contributed by atoms with Crippen LogP contribution in [-0.2, 0) is 18.2 Å². The maximum Gasteiger partial charge on any atom is 0.0854 e. The van der Waals surface area contributed by atoms with Gasteiger partial charge in [-0.3, -0.25) is 4.68 Å². The van der Waals surface area contributed by atoms with Crippen LogP contribution in [0.15, 0.2) is 54.9 Å². The van der Waals surface area contributed by atoms with E-state index in [0.717, 1.165) is 27.8 Å². The van der Waals surface area contributed by atoms with Gasteiger partial charge >= 0.3 is 0 Å². The summed E-state index contributed by atoms with van der Waals surface area (Å²) in [5.74, 6) is 0. The van der Waals surface area contributed by atoms with Crippen molar-refractivity contribution < 1.29 is 14.9 Å². The van der Waals surface area contributed by atoms with Crippen molar-refractivity contribution in [1.29, 1.82) is 0 Å². The lowest BCUT2D eigenvalue weighted by molar-refractivity contribution is -0.113. The molecule has 29 heavy (non-hydrogen) atoms. The van der Waals surface area contributed by atoms with Crippen LogP contribution in [0.2, 0.25) is 5.02 Å². The van der Waals surface area contributed by atoms with Crippen molar-refractivity contribution in [3.63, 3.8) is 0 Å². The van der Waals surface area contributed by atoms with E-state index in [1.54, 1.807) is 4.68 Å². The minimum Gasteiger partial charge on any atom is -0.394 e. The van der Waals surface area contributed by atoms with Crippen molar-refractivity contribution in [2.45, 2.75) is 37.6 Å². The first-order valence-corrected chi connectivity index (χ1v) is 10.2. The fourth-order valence-electron chi connectivity index (χ4n) is 3.86. The molecule has 1 aliphatic rings. The van der Waals surface area contributed by atoms with E-state index >= 15 is 0 Å². The molecule has 1 fully saturated rings. The summed E-state index contributed by atoms with van der Waals surface area (Å²) >= 11 is 6.46. The van der Waals surface area contributed by atoms with Gasteiger partial charge in [0.1, 0.15) is 0 Å². The molecule has 1 aromatic heterocycles. The van der Waals surface area contributed by atoms with Gasteiger partial charge in [-0.2, -0.15) is 5.10 Å². The fraction of sp³-hybridized carbons (Fsp3) is 0.348. The van der Waals surface area contributed by atoms with E-state index in [0.29, 0.717) is 24.3 Å².